The number of carboxylic acid groups (broad SMARTS) is 1. The predicted molar refractivity (Wildman–Crippen MR) is 70.5 cm³/mol. The van der Waals surface area contributed by atoms with Gasteiger partial charge in [-0.1, -0.05) is 19.7 Å². The molecule has 0 saturated heterocycles. The van der Waals surface area contributed by atoms with Crippen LogP contribution in [-0.4, -0.2) is 17.0 Å². The highest BCUT2D eigenvalue weighted by Gasteiger charge is 2.21. The summed E-state index contributed by atoms with van der Waals surface area (Å²) in [4.78, 5) is 19.8. The van der Waals surface area contributed by atoms with Crippen LogP contribution in [0.15, 0.2) is 38.5 Å². The largest absolute Gasteiger partial charge is 0.481 e. The van der Waals surface area contributed by atoms with Crippen molar-refractivity contribution in [3.63, 3.8) is 0 Å². The van der Waals surface area contributed by atoms with Crippen molar-refractivity contribution >= 4 is 11.9 Å². The summed E-state index contributed by atoms with van der Waals surface area (Å²) < 4.78 is 8.89. The summed E-state index contributed by atoms with van der Waals surface area (Å²) in [6.07, 6.45) is 3.77. The molecule has 0 fully saturated rings. The van der Waals surface area contributed by atoms with Crippen LogP contribution in [0.25, 0.3) is 0 Å². The second kappa shape index (κ2) is 13.0. The molecule has 0 rings (SSSR count). The minimum absolute atomic E-state index is 0.252. The van der Waals surface area contributed by atoms with E-state index in [-0.39, 0.29) is 5.97 Å². The normalized spacial score (nSPS) is 8.22. The van der Waals surface area contributed by atoms with Crippen LogP contribution < -0.4 is 0 Å². The Labute approximate surface area is 108 Å². The molecule has 0 bridgehead atoms. The Hall–Kier alpha value is -2.04. The zero-order chi connectivity index (χ0) is 15.2. The third-order valence-electron chi connectivity index (χ3n) is 0.995. The monoisotopic (exact) mass is 258 g/mol. The van der Waals surface area contributed by atoms with Crippen LogP contribution in [0.5, 0.6) is 0 Å². The SMILES string of the molecule is C=COC(=O)C(C)(C)C.C=COC=C.CC(=O)O. The average Bonchev–Trinajstić information content (AvgIpc) is 2.18. The fraction of sp³-hybridized carbons (Fsp3) is 0.385. The first-order valence-corrected chi connectivity index (χ1v) is 5.02. The first-order chi connectivity index (χ1) is 8.13. The van der Waals surface area contributed by atoms with Crippen LogP contribution in [-0.2, 0) is 19.1 Å². The molecule has 5 nitrogen and oxygen atoms in total. The summed E-state index contributed by atoms with van der Waals surface area (Å²) in [6.45, 7) is 16.2. The van der Waals surface area contributed by atoms with E-state index >= 15 is 0 Å². The topological polar surface area (TPSA) is 72.8 Å². The summed E-state index contributed by atoms with van der Waals surface area (Å²) in [5, 5.41) is 7.42. The van der Waals surface area contributed by atoms with Crippen LogP contribution in [0.4, 0.5) is 0 Å². The summed E-state index contributed by atoms with van der Waals surface area (Å²) >= 11 is 0. The van der Waals surface area contributed by atoms with Gasteiger partial charge in [-0.3, -0.25) is 9.59 Å². The Morgan fingerprint density at radius 1 is 1.06 bits per heavy atom. The first kappa shape index (κ1) is 21.3. The number of ether oxygens (including phenoxy) is 2. The van der Waals surface area contributed by atoms with E-state index in [0.29, 0.717) is 0 Å². The summed E-state index contributed by atoms with van der Waals surface area (Å²) in [5.41, 5.74) is -0.422. The highest BCUT2D eigenvalue weighted by atomic mass is 16.5. The van der Waals surface area contributed by atoms with Crippen molar-refractivity contribution in [3.05, 3.63) is 38.5 Å². The lowest BCUT2D eigenvalue weighted by molar-refractivity contribution is -0.146. The van der Waals surface area contributed by atoms with Gasteiger partial charge in [0.2, 0.25) is 0 Å². The number of hydrogen-bond donors (Lipinski definition) is 1. The molecule has 5 heteroatoms. The van der Waals surface area contributed by atoms with E-state index in [1.807, 2.05) is 0 Å². The fourth-order valence-electron chi connectivity index (χ4n) is 0.321. The fourth-order valence-corrected chi connectivity index (χ4v) is 0.321. The van der Waals surface area contributed by atoms with Gasteiger partial charge < -0.3 is 14.6 Å². The van der Waals surface area contributed by atoms with Gasteiger partial charge in [0.15, 0.2) is 0 Å². The predicted octanol–water partition coefficient (Wildman–Crippen LogP) is 3.10. The smallest absolute Gasteiger partial charge is 0.316 e. The van der Waals surface area contributed by atoms with Gasteiger partial charge in [-0.2, -0.15) is 0 Å². The van der Waals surface area contributed by atoms with Gasteiger partial charge in [0.1, 0.15) is 0 Å². The van der Waals surface area contributed by atoms with E-state index in [1.165, 1.54) is 12.5 Å². The van der Waals surface area contributed by atoms with Crippen LogP contribution >= 0.6 is 0 Å². The Morgan fingerprint density at radius 3 is 1.44 bits per heavy atom. The number of aliphatic carboxylic acids is 1. The van der Waals surface area contributed by atoms with Crippen LogP contribution in [0, 0.1) is 5.41 Å². The maximum atomic E-state index is 10.8. The van der Waals surface area contributed by atoms with E-state index in [0.717, 1.165) is 13.2 Å². The molecule has 0 aromatic carbocycles. The maximum absolute atomic E-state index is 10.8. The molecule has 0 radical (unpaired) electrons. The van der Waals surface area contributed by atoms with Crippen molar-refractivity contribution in [1.29, 1.82) is 0 Å². The van der Waals surface area contributed by atoms with E-state index in [4.69, 9.17) is 9.90 Å². The quantitative estimate of drug-likeness (QED) is 0.622. The third-order valence-corrected chi connectivity index (χ3v) is 0.995. The van der Waals surface area contributed by atoms with E-state index in [9.17, 15) is 4.79 Å². The summed E-state index contributed by atoms with van der Waals surface area (Å²) in [5.74, 6) is -1.09. The van der Waals surface area contributed by atoms with E-state index in [2.05, 4.69) is 29.2 Å². The lowest BCUT2D eigenvalue weighted by Gasteiger charge is -2.13. The van der Waals surface area contributed by atoms with Gasteiger partial charge in [-0.05, 0) is 20.8 Å². The van der Waals surface area contributed by atoms with Gasteiger partial charge in [-0.25, -0.2) is 0 Å². The molecule has 0 amide bonds. The Balaban J connectivity index is -0.000000212. The van der Waals surface area contributed by atoms with E-state index in [1.54, 1.807) is 20.8 Å². The molecule has 0 saturated carbocycles. The minimum atomic E-state index is -0.833. The zero-order valence-electron chi connectivity index (χ0n) is 11.4. The second-order valence-corrected chi connectivity index (χ2v) is 3.81. The molecular weight excluding hydrogens is 236 g/mol. The van der Waals surface area contributed by atoms with Crippen molar-refractivity contribution in [2.24, 2.45) is 5.41 Å². The van der Waals surface area contributed by atoms with Crippen molar-refractivity contribution < 1.29 is 24.2 Å². The number of carbonyl (C=O) groups is 2. The molecule has 0 atom stereocenters. The molecule has 0 aliphatic rings. The van der Waals surface area contributed by atoms with Crippen LogP contribution in [0.2, 0.25) is 0 Å². The van der Waals surface area contributed by atoms with Gasteiger partial charge >= 0.3 is 5.97 Å². The van der Waals surface area contributed by atoms with Gasteiger partial charge in [0.05, 0.1) is 24.2 Å². The summed E-state index contributed by atoms with van der Waals surface area (Å²) in [7, 11) is 0. The second-order valence-electron chi connectivity index (χ2n) is 3.81. The third kappa shape index (κ3) is 29.2. The molecule has 18 heavy (non-hydrogen) atoms. The van der Waals surface area contributed by atoms with Crippen molar-refractivity contribution in [2.45, 2.75) is 27.7 Å². The zero-order valence-corrected chi connectivity index (χ0v) is 11.4. The molecule has 0 unspecified atom stereocenters. The minimum Gasteiger partial charge on any atom is -0.481 e. The highest BCUT2D eigenvalue weighted by Crippen LogP contribution is 2.14. The lowest BCUT2D eigenvalue weighted by Crippen LogP contribution is -2.20. The Kier molecular flexibility index (Phi) is 15.4. The summed E-state index contributed by atoms with van der Waals surface area (Å²) in [6, 6.07) is 0. The lowest BCUT2D eigenvalue weighted by atomic mass is 9.98. The Morgan fingerprint density at radius 2 is 1.39 bits per heavy atom. The number of carboxylic acids is 1. The Bertz CT molecular complexity index is 264. The molecule has 104 valence electrons. The van der Waals surface area contributed by atoms with E-state index < -0.39 is 11.4 Å². The molecule has 0 spiro atoms. The van der Waals surface area contributed by atoms with Gasteiger partial charge in [0.25, 0.3) is 5.97 Å². The standard InChI is InChI=1S/C7H12O2.C4H6O.C2H4O2/c1-5-9-6(8)7(2,3)4;1-3-5-4-2;1-2(3)4/h5H,1H2,2-4H3;3-4H,1-2H2;1H3,(H,3,4). The molecule has 0 aromatic rings. The molecule has 0 aliphatic carbocycles. The number of rotatable bonds is 3. The molecule has 0 aliphatic heterocycles. The maximum Gasteiger partial charge on any atom is 0.316 e. The van der Waals surface area contributed by atoms with Crippen molar-refractivity contribution in [1.82, 2.24) is 0 Å². The molecule has 1 N–H and O–H groups in total. The van der Waals surface area contributed by atoms with Crippen LogP contribution in [0.3, 0.4) is 0 Å². The molecule has 0 aromatic heterocycles. The number of carbonyl (C=O) groups excluding carboxylic acids is 1. The highest BCUT2D eigenvalue weighted by molar-refractivity contribution is 5.75. The number of hydrogen-bond acceptors (Lipinski definition) is 4. The van der Waals surface area contributed by atoms with Gasteiger partial charge in [0, 0.05) is 6.92 Å². The van der Waals surface area contributed by atoms with Crippen molar-refractivity contribution in [3.8, 4) is 0 Å². The molecular formula is C13H22O5. The van der Waals surface area contributed by atoms with Crippen molar-refractivity contribution in [2.75, 3.05) is 0 Å². The van der Waals surface area contributed by atoms with Gasteiger partial charge in [-0.15, -0.1) is 0 Å². The number of esters is 1. The first-order valence-electron chi connectivity index (χ1n) is 5.02. The van der Waals surface area contributed by atoms with Crippen LogP contribution in [0.1, 0.15) is 27.7 Å². The molecule has 0 heterocycles. The average molecular weight is 258 g/mol.